The van der Waals surface area contributed by atoms with Crippen LogP contribution in [0.15, 0.2) is 53.5 Å². The van der Waals surface area contributed by atoms with Crippen molar-refractivity contribution in [3.8, 4) is 0 Å². The van der Waals surface area contributed by atoms with Gasteiger partial charge in [0, 0.05) is 0 Å². The number of benzene rings is 2. The van der Waals surface area contributed by atoms with E-state index in [2.05, 4.69) is 64.5 Å². The summed E-state index contributed by atoms with van der Waals surface area (Å²) in [5.74, 6) is 0. The summed E-state index contributed by atoms with van der Waals surface area (Å²) in [5.41, 5.74) is 1.37. The lowest BCUT2D eigenvalue weighted by Gasteiger charge is -2.02. The van der Waals surface area contributed by atoms with Gasteiger partial charge in [-0.15, -0.1) is 0 Å². The molecule has 0 radical (unpaired) electrons. The zero-order valence-corrected chi connectivity index (χ0v) is 9.37. The maximum Gasteiger partial charge on any atom is -0.00830 e. The Hall–Kier alpha value is -1.08. The molecule has 0 unspecified atom stereocenters. The van der Waals surface area contributed by atoms with E-state index >= 15 is 0 Å². The van der Waals surface area contributed by atoms with Crippen molar-refractivity contribution in [2.24, 2.45) is 0 Å². The molecule has 0 amide bonds. The molecule has 0 atom stereocenters. The first kappa shape index (κ1) is 9.47. The van der Waals surface area contributed by atoms with Crippen LogP contribution in [0, 0.1) is 0 Å². The molecule has 0 heterocycles. The maximum absolute atomic E-state index is 3.29. The van der Waals surface area contributed by atoms with Gasteiger partial charge in [-0.25, -0.2) is 0 Å². The maximum atomic E-state index is 3.29. The molecule has 0 aliphatic rings. The molecule has 0 aliphatic heterocycles. The lowest BCUT2D eigenvalue weighted by Crippen LogP contribution is -1.83. The molecule has 2 rings (SSSR count). The lowest BCUT2D eigenvalue weighted by molar-refractivity contribution is 1.31. The number of fused-ring (bicyclic) bond motifs is 1. The Morgan fingerprint density at radius 3 is 2.64 bits per heavy atom. The van der Waals surface area contributed by atoms with E-state index in [9.17, 15) is 0 Å². The van der Waals surface area contributed by atoms with Crippen LogP contribution in [-0.2, 0) is 6.42 Å². The van der Waals surface area contributed by atoms with Gasteiger partial charge < -0.3 is 0 Å². The molecule has 70 valence electrons. The SMILES string of the molecule is BrC=CCc1cccc2ccccc12. The van der Waals surface area contributed by atoms with E-state index < -0.39 is 0 Å². The molecule has 0 bridgehead atoms. The second-order valence-corrected chi connectivity index (χ2v) is 3.73. The minimum atomic E-state index is 0.979. The van der Waals surface area contributed by atoms with Crippen LogP contribution in [0.2, 0.25) is 0 Å². The molecule has 0 saturated heterocycles. The quantitative estimate of drug-likeness (QED) is 0.742. The average molecular weight is 247 g/mol. The molecule has 0 spiro atoms. The second kappa shape index (κ2) is 4.43. The predicted molar refractivity (Wildman–Crippen MR) is 65.7 cm³/mol. The normalized spacial score (nSPS) is 11.2. The number of rotatable bonds is 2. The summed E-state index contributed by atoms with van der Waals surface area (Å²) in [6.07, 6.45) is 3.09. The topological polar surface area (TPSA) is 0 Å². The molecular weight excluding hydrogens is 236 g/mol. The Balaban J connectivity index is 2.53. The van der Waals surface area contributed by atoms with Crippen LogP contribution in [0.3, 0.4) is 0 Å². The van der Waals surface area contributed by atoms with E-state index in [4.69, 9.17) is 0 Å². The van der Waals surface area contributed by atoms with Crippen LogP contribution >= 0.6 is 15.9 Å². The minimum absolute atomic E-state index is 0.979. The Labute approximate surface area is 92.4 Å². The number of allylic oxidation sites excluding steroid dienone is 1. The summed E-state index contributed by atoms with van der Waals surface area (Å²) in [7, 11) is 0. The van der Waals surface area contributed by atoms with Gasteiger partial charge in [0.05, 0.1) is 0 Å². The summed E-state index contributed by atoms with van der Waals surface area (Å²) in [5, 5.41) is 2.66. The van der Waals surface area contributed by atoms with Gasteiger partial charge in [0.15, 0.2) is 0 Å². The Kier molecular flexibility index (Phi) is 3.00. The van der Waals surface area contributed by atoms with Gasteiger partial charge in [0.1, 0.15) is 0 Å². The molecule has 0 fully saturated rings. The van der Waals surface area contributed by atoms with Crippen LogP contribution in [0.5, 0.6) is 0 Å². The van der Waals surface area contributed by atoms with Crippen LogP contribution in [-0.4, -0.2) is 0 Å². The molecule has 0 aliphatic carbocycles. The summed E-state index contributed by atoms with van der Waals surface area (Å²) >= 11 is 3.29. The van der Waals surface area contributed by atoms with Crippen molar-refractivity contribution in [1.29, 1.82) is 0 Å². The zero-order chi connectivity index (χ0) is 9.80. The van der Waals surface area contributed by atoms with Crippen molar-refractivity contribution in [1.82, 2.24) is 0 Å². The fourth-order valence-corrected chi connectivity index (χ4v) is 1.83. The largest absolute Gasteiger partial charge is 0.0732 e. The molecule has 14 heavy (non-hydrogen) atoms. The zero-order valence-electron chi connectivity index (χ0n) is 7.78. The van der Waals surface area contributed by atoms with E-state index in [1.807, 2.05) is 4.99 Å². The average Bonchev–Trinajstić information content (AvgIpc) is 2.26. The smallest absolute Gasteiger partial charge is 0.00830 e. The van der Waals surface area contributed by atoms with Gasteiger partial charge in [-0.05, 0) is 27.7 Å². The molecule has 0 aromatic heterocycles. The van der Waals surface area contributed by atoms with Crippen molar-refractivity contribution in [3.63, 3.8) is 0 Å². The van der Waals surface area contributed by atoms with Gasteiger partial charge in [0.25, 0.3) is 0 Å². The number of hydrogen-bond acceptors (Lipinski definition) is 0. The van der Waals surface area contributed by atoms with Crippen molar-refractivity contribution < 1.29 is 0 Å². The highest BCUT2D eigenvalue weighted by molar-refractivity contribution is 9.11. The highest BCUT2D eigenvalue weighted by Crippen LogP contribution is 2.19. The van der Waals surface area contributed by atoms with Crippen LogP contribution in [0.1, 0.15) is 5.56 Å². The standard InChI is InChI=1S/C13H11Br/c14-10-4-8-12-7-3-6-11-5-1-2-9-13(11)12/h1-7,9-10H,8H2. The van der Waals surface area contributed by atoms with Crippen LogP contribution in [0.4, 0.5) is 0 Å². The summed E-state index contributed by atoms with van der Waals surface area (Å²) in [6, 6.07) is 14.9. The van der Waals surface area contributed by atoms with E-state index in [1.165, 1.54) is 16.3 Å². The molecule has 2 aromatic rings. The highest BCUT2D eigenvalue weighted by Gasteiger charge is 1.96. The molecule has 2 aromatic carbocycles. The first-order valence-electron chi connectivity index (χ1n) is 4.63. The molecule has 0 N–H and O–H groups in total. The Morgan fingerprint density at radius 1 is 1.00 bits per heavy atom. The van der Waals surface area contributed by atoms with Crippen molar-refractivity contribution in [3.05, 3.63) is 59.1 Å². The van der Waals surface area contributed by atoms with Crippen molar-refractivity contribution >= 4 is 26.7 Å². The highest BCUT2D eigenvalue weighted by atomic mass is 79.9. The lowest BCUT2D eigenvalue weighted by atomic mass is 10.0. The van der Waals surface area contributed by atoms with Crippen molar-refractivity contribution in [2.45, 2.75) is 6.42 Å². The van der Waals surface area contributed by atoms with Crippen LogP contribution in [0.25, 0.3) is 10.8 Å². The second-order valence-electron chi connectivity index (χ2n) is 3.20. The summed E-state index contributed by atoms with van der Waals surface area (Å²) in [4.78, 5) is 1.91. The first-order valence-corrected chi connectivity index (χ1v) is 5.55. The summed E-state index contributed by atoms with van der Waals surface area (Å²) in [6.45, 7) is 0. The fourth-order valence-electron chi connectivity index (χ4n) is 1.64. The molecule has 0 saturated carbocycles. The van der Waals surface area contributed by atoms with Gasteiger partial charge >= 0.3 is 0 Å². The van der Waals surface area contributed by atoms with E-state index in [0.29, 0.717) is 0 Å². The fraction of sp³-hybridized carbons (Fsp3) is 0.0769. The van der Waals surface area contributed by atoms with E-state index in [-0.39, 0.29) is 0 Å². The third-order valence-corrected chi connectivity index (χ3v) is 2.68. The van der Waals surface area contributed by atoms with E-state index in [1.54, 1.807) is 0 Å². The van der Waals surface area contributed by atoms with Gasteiger partial charge in [-0.2, -0.15) is 0 Å². The predicted octanol–water partition coefficient (Wildman–Crippen LogP) is 4.29. The minimum Gasteiger partial charge on any atom is -0.0732 e. The number of halogens is 1. The monoisotopic (exact) mass is 246 g/mol. The van der Waals surface area contributed by atoms with Crippen LogP contribution < -0.4 is 0 Å². The third kappa shape index (κ3) is 1.88. The Bertz CT molecular complexity index is 452. The first-order chi connectivity index (χ1) is 6.92. The third-order valence-electron chi connectivity index (χ3n) is 2.31. The molecule has 1 heteroatoms. The van der Waals surface area contributed by atoms with Crippen molar-refractivity contribution in [2.75, 3.05) is 0 Å². The summed E-state index contributed by atoms with van der Waals surface area (Å²) < 4.78 is 0. The van der Waals surface area contributed by atoms with Gasteiger partial charge in [-0.1, -0.05) is 64.5 Å². The number of hydrogen-bond donors (Lipinski definition) is 0. The molecular formula is C13H11Br. The van der Waals surface area contributed by atoms with Gasteiger partial charge in [-0.3, -0.25) is 0 Å². The molecule has 0 nitrogen and oxygen atoms in total. The Morgan fingerprint density at radius 2 is 1.79 bits per heavy atom. The van der Waals surface area contributed by atoms with E-state index in [0.717, 1.165) is 6.42 Å². The van der Waals surface area contributed by atoms with Gasteiger partial charge in [0.2, 0.25) is 0 Å².